The van der Waals surface area contributed by atoms with E-state index >= 15 is 0 Å². The summed E-state index contributed by atoms with van der Waals surface area (Å²) in [7, 11) is 1.66. The molecule has 10 fully saturated rings. The third kappa shape index (κ3) is 6.59. The first-order chi connectivity index (χ1) is 25.1. The Kier molecular flexibility index (Phi) is 10.0. The molecule has 0 aliphatic carbocycles. The molecular formula is C40H59NO11. The lowest BCUT2D eigenvalue weighted by atomic mass is 9.81. The smallest absolute Gasteiger partial charge is 0.172 e. The van der Waals surface area contributed by atoms with Crippen LogP contribution < -0.4 is 5.73 Å². The topological polar surface area (TPSA) is 146 Å². The molecule has 19 atom stereocenters. The normalized spacial score (nSPS) is 52.4. The summed E-state index contributed by atoms with van der Waals surface area (Å²) in [6.45, 7) is 11.3. The van der Waals surface area contributed by atoms with E-state index in [9.17, 15) is 9.90 Å². The number of hydrogen-bond donors (Lipinski definition) is 2. The highest BCUT2D eigenvalue weighted by Gasteiger charge is 2.68. The second kappa shape index (κ2) is 14.3. The van der Waals surface area contributed by atoms with Crippen LogP contribution in [0.15, 0.2) is 24.3 Å². The van der Waals surface area contributed by atoms with Crippen LogP contribution in [0.1, 0.15) is 90.4 Å². The van der Waals surface area contributed by atoms with Gasteiger partial charge in [0, 0.05) is 58.1 Å². The van der Waals surface area contributed by atoms with E-state index in [0.29, 0.717) is 25.7 Å². The van der Waals surface area contributed by atoms with E-state index in [1.54, 1.807) is 7.11 Å². The molecule has 12 heteroatoms. The SMILES string of the molecule is C=C1C2C[C@@H]3OC(CC(O)CN)[C@H](OC)C3CC(=O)CC3CCC4O[C@@H]5C6O[C@@H]7C[C@](CCC8CC(=C)[C@H](CCC(C[C@H]1C)O2)O8)(OC6[C@H]4O3)OC57. The van der Waals surface area contributed by atoms with Crippen molar-refractivity contribution in [1.29, 1.82) is 0 Å². The number of carbonyl (C=O) groups is 1. The number of ether oxygens (including phenoxy) is 9. The second-order valence-electron chi connectivity index (χ2n) is 17.4. The zero-order chi connectivity index (χ0) is 35.9. The van der Waals surface area contributed by atoms with Crippen molar-refractivity contribution < 1.29 is 52.5 Å². The number of hydrogen-bond acceptors (Lipinski definition) is 12. The highest BCUT2D eigenvalue weighted by molar-refractivity contribution is 5.79. The molecule has 0 saturated carbocycles. The molecule has 10 heterocycles. The number of fused-ring (bicyclic) bond motifs is 6. The average Bonchev–Trinajstić information content (AvgIpc) is 3.79. The summed E-state index contributed by atoms with van der Waals surface area (Å²) in [4.78, 5) is 14.1. The molecule has 10 saturated heterocycles. The molecule has 0 aromatic carbocycles. The molecule has 11 unspecified atom stereocenters. The van der Waals surface area contributed by atoms with Gasteiger partial charge in [-0.15, -0.1) is 0 Å². The fourth-order valence-corrected chi connectivity index (χ4v) is 11.3. The van der Waals surface area contributed by atoms with Gasteiger partial charge in [0.2, 0.25) is 0 Å². The number of nitrogens with two attached hydrogens (primary N) is 1. The van der Waals surface area contributed by atoms with E-state index in [2.05, 4.69) is 20.1 Å². The van der Waals surface area contributed by atoms with Gasteiger partial charge in [0.1, 0.15) is 36.3 Å². The monoisotopic (exact) mass is 729 g/mol. The first kappa shape index (κ1) is 36.4. The molecule has 12 nitrogen and oxygen atoms in total. The van der Waals surface area contributed by atoms with Crippen LogP contribution in [0.3, 0.4) is 0 Å². The highest BCUT2D eigenvalue weighted by Crippen LogP contribution is 2.54. The number of ketones is 1. The zero-order valence-electron chi connectivity index (χ0n) is 30.8. The maximum absolute atomic E-state index is 14.1. The van der Waals surface area contributed by atoms with E-state index < -0.39 is 18.0 Å². The van der Waals surface area contributed by atoms with Gasteiger partial charge in [-0.1, -0.05) is 20.1 Å². The molecule has 1 spiro atoms. The van der Waals surface area contributed by atoms with Crippen molar-refractivity contribution in [2.75, 3.05) is 13.7 Å². The second-order valence-corrected chi connectivity index (χ2v) is 17.4. The van der Waals surface area contributed by atoms with Crippen LogP contribution in [-0.2, 0) is 47.4 Å². The van der Waals surface area contributed by atoms with Crippen LogP contribution >= 0.6 is 0 Å². The van der Waals surface area contributed by atoms with Crippen molar-refractivity contribution in [3.8, 4) is 0 Å². The lowest BCUT2D eigenvalue weighted by molar-refractivity contribution is -0.292. The molecule has 52 heavy (non-hydrogen) atoms. The molecule has 290 valence electrons. The van der Waals surface area contributed by atoms with Crippen LogP contribution in [0.2, 0.25) is 0 Å². The van der Waals surface area contributed by atoms with Gasteiger partial charge in [0.25, 0.3) is 0 Å². The standard InChI is InChI=1S/C40H59NO11/c1-19-11-24-5-7-28-20(2)12-26(45-28)9-10-40-17-33-36(51-40)37-38(50-33)39(52-40)35-29(49-37)8-6-25(47-35)13-22(42)14-27-31(16-30(46-24)21(19)3)48-32(34(27)44-4)15-23(43)18-41/h19,23-39,43H,2-3,5-18,41H2,1,4H3/t19-,23?,24?,25?,26?,27?,28+,29?,30?,31+,32?,33-,34-,35+,36?,37+,38?,39?,40+/m1/s1. The number of methoxy groups -OCH3 is 1. The Morgan fingerprint density at radius 2 is 1.56 bits per heavy atom. The highest BCUT2D eigenvalue weighted by atomic mass is 16.8. The van der Waals surface area contributed by atoms with Crippen molar-refractivity contribution in [1.82, 2.24) is 0 Å². The number of rotatable bonds is 4. The average molecular weight is 730 g/mol. The first-order valence-corrected chi connectivity index (χ1v) is 20.2. The van der Waals surface area contributed by atoms with Crippen LogP contribution in [0, 0.1) is 11.8 Å². The molecule has 3 N–H and O–H groups in total. The van der Waals surface area contributed by atoms with Gasteiger partial charge in [0.15, 0.2) is 5.79 Å². The van der Waals surface area contributed by atoms with Gasteiger partial charge in [-0.3, -0.25) is 4.79 Å². The van der Waals surface area contributed by atoms with Gasteiger partial charge < -0.3 is 53.5 Å². The van der Waals surface area contributed by atoms with Crippen molar-refractivity contribution in [2.45, 2.75) is 194 Å². The maximum Gasteiger partial charge on any atom is 0.172 e. The predicted octanol–water partition coefficient (Wildman–Crippen LogP) is 3.44. The van der Waals surface area contributed by atoms with Crippen molar-refractivity contribution >= 4 is 5.78 Å². The van der Waals surface area contributed by atoms with Gasteiger partial charge in [-0.25, -0.2) is 0 Å². The van der Waals surface area contributed by atoms with Gasteiger partial charge in [0.05, 0.1) is 67.1 Å². The zero-order valence-corrected chi connectivity index (χ0v) is 30.8. The minimum atomic E-state index is -0.780. The predicted molar refractivity (Wildman–Crippen MR) is 186 cm³/mol. The molecule has 10 aliphatic heterocycles. The summed E-state index contributed by atoms with van der Waals surface area (Å²) >= 11 is 0. The van der Waals surface area contributed by atoms with Gasteiger partial charge in [-0.2, -0.15) is 0 Å². The Morgan fingerprint density at radius 1 is 0.808 bits per heavy atom. The van der Waals surface area contributed by atoms with E-state index in [0.717, 1.165) is 56.1 Å². The number of carbonyl (C=O) groups excluding carboxylic acids is 1. The van der Waals surface area contributed by atoms with Crippen molar-refractivity contribution in [3.05, 3.63) is 24.3 Å². The lowest BCUT2D eigenvalue weighted by Crippen LogP contribution is -2.61. The minimum absolute atomic E-state index is 0.0158. The Morgan fingerprint density at radius 3 is 2.38 bits per heavy atom. The molecule has 12 bridgehead atoms. The Hall–Kier alpha value is -1.29. The van der Waals surface area contributed by atoms with Crippen molar-refractivity contribution in [3.63, 3.8) is 0 Å². The number of aliphatic hydroxyl groups is 1. The minimum Gasteiger partial charge on any atom is -0.392 e. The van der Waals surface area contributed by atoms with Gasteiger partial charge in [-0.05, 0) is 62.0 Å². The third-order valence-electron chi connectivity index (χ3n) is 14.0. The first-order valence-electron chi connectivity index (χ1n) is 20.2. The van der Waals surface area contributed by atoms with E-state index in [1.807, 2.05) is 0 Å². The number of Topliss-reactive ketones (excluding diaryl/α,β-unsaturated/α-hetero) is 1. The molecular weight excluding hydrogens is 670 g/mol. The summed E-state index contributed by atoms with van der Waals surface area (Å²) in [6.07, 6.45) is 4.85. The summed E-state index contributed by atoms with van der Waals surface area (Å²) in [5.41, 5.74) is 8.01. The summed E-state index contributed by atoms with van der Waals surface area (Å²) in [6, 6.07) is 0. The quantitative estimate of drug-likeness (QED) is 0.409. The Bertz CT molecular complexity index is 1380. The van der Waals surface area contributed by atoms with Crippen LogP contribution in [0.5, 0.6) is 0 Å². The van der Waals surface area contributed by atoms with E-state index in [-0.39, 0.29) is 122 Å². The van der Waals surface area contributed by atoms with Crippen LogP contribution in [0.4, 0.5) is 0 Å². The summed E-state index contributed by atoms with van der Waals surface area (Å²) in [5.74, 6) is -0.619. The van der Waals surface area contributed by atoms with Crippen LogP contribution in [-0.4, -0.2) is 128 Å². The molecule has 0 radical (unpaired) electrons. The fraction of sp³-hybridized carbons (Fsp3) is 0.875. The molecule has 0 aromatic rings. The maximum atomic E-state index is 14.1. The summed E-state index contributed by atoms with van der Waals surface area (Å²) in [5, 5.41) is 10.5. The molecule has 10 aliphatic rings. The summed E-state index contributed by atoms with van der Waals surface area (Å²) < 4.78 is 60.0. The van der Waals surface area contributed by atoms with Crippen molar-refractivity contribution in [2.24, 2.45) is 17.6 Å². The van der Waals surface area contributed by atoms with Gasteiger partial charge >= 0.3 is 0 Å². The Labute approximate surface area is 307 Å². The fourth-order valence-electron chi connectivity index (χ4n) is 11.3. The lowest BCUT2D eigenvalue weighted by Gasteiger charge is -2.47. The third-order valence-corrected chi connectivity index (χ3v) is 14.0. The van der Waals surface area contributed by atoms with E-state index in [1.165, 1.54) is 0 Å². The molecule has 10 rings (SSSR count). The largest absolute Gasteiger partial charge is 0.392 e. The Balaban J connectivity index is 0.994. The molecule has 0 amide bonds. The van der Waals surface area contributed by atoms with E-state index in [4.69, 9.17) is 48.4 Å². The number of aliphatic hydroxyl groups excluding tert-OH is 1. The van der Waals surface area contributed by atoms with Crippen LogP contribution in [0.25, 0.3) is 0 Å². The molecule has 0 aromatic heterocycles.